The van der Waals surface area contributed by atoms with E-state index in [0.717, 1.165) is 8.87 Å². The van der Waals surface area contributed by atoms with Crippen LogP contribution >= 0.6 is 11.6 Å². The predicted octanol–water partition coefficient (Wildman–Crippen LogP) is 3.42. The molecule has 0 aliphatic rings. The number of nitrogens with zero attached hydrogens (tertiary/aromatic N) is 4. The van der Waals surface area contributed by atoms with Gasteiger partial charge in [-0.1, -0.05) is 23.7 Å². The van der Waals surface area contributed by atoms with Crippen LogP contribution < -0.4 is 0 Å². The Morgan fingerprint density at radius 2 is 2.03 bits per heavy atom. The van der Waals surface area contributed by atoms with Gasteiger partial charge in [0.05, 0.1) is 17.3 Å². The number of aromatic nitrogens is 2. The lowest BCUT2D eigenvalue weighted by atomic mass is 10.1. The second kappa shape index (κ2) is 7.95. The molecule has 10 heteroatoms. The molecule has 1 amide bonds. The van der Waals surface area contributed by atoms with Crippen LogP contribution in [0.15, 0.2) is 59.8 Å². The van der Waals surface area contributed by atoms with Crippen LogP contribution in [0.1, 0.15) is 11.3 Å². The number of carboxylic acid groups (broad SMARTS) is 1. The molecule has 2 aromatic heterocycles. The summed E-state index contributed by atoms with van der Waals surface area (Å²) in [7, 11) is -2.76. The lowest BCUT2D eigenvalue weighted by Gasteiger charge is -2.12. The molecule has 1 N–H and O–H groups in total. The molecule has 1 aromatic carbocycles. The first-order valence-electron chi connectivity index (χ1n) is 8.26. The van der Waals surface area contributed by atoms with Crippen molar-refractivity contribution < 1.29 is 18.3 Å². The molecule has 0 bridgehead atoms. The zero-order chi connectivity index (χ0) is 21.2. The SMILES string of the molecule is CN(Cc1cc(-c2cccnc2C#N)n(S(=O)(=O)c2ccccc2Cl)c1)C(=O)O. The summed E-state index contributed by atoms with van der Waals surface area (Å²) in [6.07, 6.45) is 1.59. The molecule has 29 heavy (non-hydrogen) atoms. The summed E-state index contributed by atoms with van der Waals surface area (Å²) in [6.45, 7) is -0.0461. The zero-order valence-corrected chi connectivity index (χ0v) is 16.7. The van der Waals surface area contributed by atoms with Crippen molar-refractivity contribution in [2.75, 3.05) is 7.05 Å². The first-order valence-corrected chi connectivity index (χ1v) is 10.1. The monoisotopic (exact) mass is 430 g/mol. The van der Waals surface area contributed by atoms with E-state index in [1.165, 1.54) is 37.6 Å². The van der Waals surface area contributed by atoms with E-state index in [-0.39, 0.29) is 27.9 Å². The molecule has 0 aliphatic carbocycles. The number of halogens is 1. The van der Waals surface area contributed by atoms with Crippen molar-refractivity contribution >= 4 is 27.7 Å². The van der Waals surface area contributed by atoms with Crippen LogP contribution in [-0.2, 0) is 16.6 Å². The number of carbonyl (C=O) groups is 1. The maximum atomic E-state index is 13.3. The van der Waals surface area contributed by atoms with Crippen LogP contribution in [0.2, 0.25) is 5.02 Å². The highest BCUT2D eigenvalue weighted by molar-refractivity contribution is 7.90. The Labute approximate surface area is 172 Å². The molecule has 3 rings (SSSR count). The molecule has 0 atom stereocenters. The van der Waals surface area contributed by atoms with Gasteiger partial charge in [0.25, 0.3) is 10.0 Å². The van der Waals surface area contributed by atoms with Crippen molar-refractivity contribution in [2.24, 2.45) is 0 Å². The summed E-state index contributed by atoms with van der Waals surface area (Å²) in [5, 5.41) is 18.5. The Kier molecular flexibility index (Phi) is 5.59. The quantitative estimate of drug-likeness (QED) is 0.662. The van der Waals surface area contributed by atoms with E-state index in [1.807, 2.05) is 6.07 Å². The highest BCUT2D eigenvalue weighted by Gasteiger charge is 2.25. The highest BCUT2D eigenvalue weighted by atomic mass is 35.5. The van der Waals surface area contributed by atoms with E-state index < -0.39 is 16.1 Å². The smallest absolute Gasteiger partial charge is 0.407 e. The summed E-state index contributed by atoms with van der Waals surface area (Å²) < 4.78 is 27.7. The van der Waals surface area contributed by atoms with Gasteiger partial charge in [0.15, 0.2) is 0 Å². The van der Waals surface area contributed by atoms with Crippen molar-refractivity contribution in [1.29, 1.82) is 5.26 Å². The van der Waals surface area contributed by atoms with Gasteiger partial charge in [0.1, 0.15) is 16.7 Å². The molecule has 0 saturated carbocycles. The minimum Gasteiger partial charge on any atom is -0.465 e. The number of hydrogen-bond donors (Lipinski definition) is 1. The van der Waals surface area contributed by atoms with E-state index in [9.17, 15) is 18.5 Å². The molecule has 0 unspecified atom stereocenters. The van der Waals surface area contributed by atoms with Gasteiger partial charge < -0.3 is 10.0 Å². The lowest BCUT2D eigenvalue weighted by Crippen LogP contribution is -2.23. The molecule has 0 saturated heterocycles. The van der Waals surface area contributed by atoms with Crippen LogP contribution in [0, 0.1) is 11.3 Å². The molecule has 148 valence electrons. The fraction of sp³-hybridized carbons (Fsp3) is 0.105. The van der Waals surface area contributed by atoms with Crippen molar-refractivity contribution in [1.82, 2.24) is 13.9 Å². The number of benzene rings is 1. The molecule has 0 radical (unpaired) electrons. The summed E-state index contributed by atoms with van der Waals surface area (Å²) in [5.41, 5.74) is 0.950. The first-order chi connectivity index (χ1) is 13.8. The fourth-order valence-corrected chi connectivity index (χ4v) is 4.67. The average Bonchev–Trinajstić information content (AvgIpc) is 3.12. The number of rotatable bonds is 5. The summed E-state index contributed by atoms with van der Waals surface area (Å²) >= 11 is 6.11. The van der Waals surface area contributed by atoms with Gasteiger partial charge in [0.2, 0.25) is 0 Å². The van der Waals surface area contributed by atoms with Gasteiger partial charge in [-0.05, 0) is 35.9 Å². The summed E-state index contributed by atoms with van der Waals surface area (Å²) in [5.74, 6) is 0. The minimum atomic E-state index is -4.13. The van der Waals surface area contributed by atoms with E-state index >= 15 is 0 Å². The summed E-state index contributed by atoms with van der Waals surface area (Å²) in [4.78, 5) is 16.0. The lowest BCUT2D eigenvalue weighted by molar-refractivity contribution is 0.154. The van der Waals surface area contributed by atoms with E-state index in [4.69, 9.17) is 16.7 Å². The Morgan fingerprint density at radius 1 is 1.31 bits per heavy atom. The van der Waals surface area contributed by atoms with E-state index in [1.54, 1.807) is 24.3 Å². The first kappa shape index (κ1) is 20.4. The second-order valence-corrected chi connectivity index (χ2v) is 8.31. The second-order valence-electron chi connectivity index (χ2n) is 6.11. The van der Waals surface area contributed by atoms with Crippen LogP contribution in [0.25, 0.3) is 11.3 Å². The Morgan fingerprint density at radius 3 is 2.69 bits per heavy atom. The highest BCUT2D eigenvalue weighted by Crippen LogP contribution is 2.31. The molecular weight excluding hydrogens is 416 g/mol. The van der Waals surface area contributed by atoms with Crippen molar-refractivity contribution in [3.05, 3.63) is 71.1 Å². The van der Waals surface area contributed by atoms with Crippen LogP contribution in [0.4, 0.5) is 4.79 Å². The Hall–Kier alpha value is -3.35. The van der Waals surface area contributed by atoms with Gasteiger partial charge in [-0.25, -0.2) is 22.2 Å². The predicted molar refractivity (Wildman–Crippen MR) is 106 cm³/mol. The van der Waals surface area contributed by atoms with Gasteiger partial charge in [-0.3, -0.25) is 0 Å². The number of pyridine rings is 1. The maximum absolute atomic E-state index is 13.3. The largest absolute Gasteiger partial charge is 0.465 e. The molecule has 0 fully saturated rings. The van der Waals surface area contributed by atoms with Gasteiger partial charge >= 0.3 is 6.09 Å². The minimum absolute atomic E-state index is 0.0411. The molecule has 0 aliphatic heterocycles. The average molecular weight is 431 g/mol. The third-order valence-electron chi connectivity index (χ3n) is 4.15. The third-order valence-corrected chi connectivity index (χ3v) is 6.33. The number of amides is 1. The van der Waals surface area contributed by atoms with Crippen molar-refractivity contribution in [2.45, 2.75) is 11.4 Å². The number of nitriles is 1. The fourth-order valence-electron chi connectivity index (χ4n) is 2.78. The van der Waals surface area contributed by atoms with Crippen molar-refractivity contribution in [3.8, 4) is 17.3 Å². The zero-order valence-electron chi connectivity index (χ0n) is 15.2. The maximum Gasteiger partial charge on any atom is 0.407 e. The Balaban J connectivity index is 2.25. The molecular formula is C19H15ClN4O4S. The molecule has 3 aromatic rings. The van der Waals surface area contributed by atoms with Gasteiger partial charge in [-0.2, -0.15) is 5.26 Å². The molecule has 8 nitrogen and oxygen atoms in total. The topological polar surface area (TPSA) is 116 Å². The molecule has 0 spiro atoms. The van der Waals surface area contributed by atoms with E-state index in [0.29, 0.717) is 11.1 Å². The van der Waals surface area contributed by atoms with E-state index in [2.05, 4.69) is 4.98 Å². The summed E-state index contributed by atoms with van der Waals surface area (Å²) in [6, 6.07) is 12.6. The normalized spacial score (nSPS) is 11.1. The van der Waals surface area contributed by atoms with Crippen LogP contribution in [0.3, 0.4) is 0 Å². The van der Waals surface area contributed by atoms with Crippen molar-refractivity contribution in [3.63, 3.8) is 0 Å². The Bertz CT molecular complexity index is 1230. The van der Waals surface area contributed by atoms with Gasteiger partial charge in [0, 0.05) is 25.0 Å². The molecule has 2 heterocycles. The van der Waals surface area contributed by atoms with Gasteiger partial charge in [-0.15, -0.1) is 0 Å². The number of hydrogen-bond acceptors (Lipinski definition) is 5. The van der Waals surface area contributed by atoms with Crippen LogP contribution in [0.5, 0.6) is 0 Å². The third kappa shape index (κ3) is 3.94. The standard InChI is InChI=1S/C19H15ClN4O4S/c1-23(19(25)26)11-13-9-17(14-5-4-8-22-16(14)10-21)24(12-13)29(27,28)18-7-3-2-6-15(18)20/h2-9,12H,11H2,1H3,(H,25,26). The van der Waals surface area contributed by atoms with Crippen LogP contribution in [-0.4, -0.2) is 40.5 Å².